The molecule has 1 aromatic rings. The van der Waals surface area contributed by atoms with Gasteiger partial charge in [-0.2, -0.15) is 0 Å². The van der Waals surface area contributed by atoms with Crippen LogP contribution in [0.4, 0.5) is 13.6 Å². The number of hydrogen-bond acceptors (Lipinski definition) is 2. The van der Waals surface area contributed by atoms with E-state index in [1.54, 1.807) is 6.92 Å². The number of benzene rings is 1. The highest BCUT2D eigenvalue weighted by molar-refractivity contribution is 5.78. The van der Waals surface area contributed by atoms with Crippen molar-refractivity contribution < 1.29 is 23.5 Å². The van der Waals surface area contributed by atoms with Crippen molar-refractivity contribution in [3.63, 3.8) is 0 Å². The van der Waals surface area contributed by atoms with Gasteiger partial charge in [0.2, 0.25) is 0 Å². The summed E-state index contributed by atoms with van der Waals surface area (Å²) in [5.74, 6) is -2.92. The largest absolute Gasteiger partial charge is 0.481 e. The van der Waals surface area contributed by atoms with Gasteiger partial charge in [0.15, 0.2) is 0 Å². The highest BCUT2D eigenvalue weighted by Gasteiger charge is 2.38. The summed E-state index contributed by atoms with van der Waals surface area (Å²) < 4.78 is 26.2. The second-order valence-electron chi connectivity index (χ2n) is 5.06. The number of urea groups is 1. The third kappa shape index (κ3) is 3.29. The topological polar surface area (TPSA) is 69.6 Å². The predicted octanol–water partition coefficient (Wildman–Crippen LogP) is 1.97. The molecule has 0 bridgehead atoms. The molecular formula is C14H16F2N2O3. The van der Waals surface area contributed by atoms with Gasteiger partial charge in [-0.3, -0.25) is 4.79 Å². The Hall–Kier alpha value is -2.18. The molecule has 1 heterocycles. The molecule has 1 fully saturated rings. The Morgan fingerprint density at radius 1 is 1.43 bits per heavy atom. The summed E-state index contributed by atoms with van der Waals surface area (Å²) in [7, 11) is 0. The van der Waals surface area contributed by atoms with Crippen LogP contribution in [-0.4, -0.2) is 34.6 Å². The van der Waals surface area contributed by atoms with Gasteiger partial charge in [0, 0.05) is 30.8 Å². The van der Waals surface area contributed by atoms with Gasteiger partial charge in [-0.1, -0.05) is 6.07 Å². The zero-order valence-electron chi connectivity index (χ0n) is 11.5. The first-order chi connectivity index (χ1) is 9.90. The van der Waals surface area contributed by atoms with Crippen LogP contribution in [0, 0.1) is 17.6 Å². The number of carboxylic acids is 1. The van der Waals surface area contributed by atoms with Crippen LogP contribution in [0.15, 0.2) is 18.2 Å². The van der Waals surface area contributed by atoms with Gasteiger partial charge in [0.25, 0.3) is 0 Å². The first-order valence-electron chi connectivity index (χ1n) is 6.61. The smallest absolute Gasteiger partial charge is 0.317 e. The summed E-state index contributed by atoms with van der Waals surface area (Å²) in [6.45, 7) is 1.94. The number of amides is 2. The zero-order chi connectivity index (χ0) is 15.6. The van der Waals surface area contributed by atoms with Crippen molar-refractivity contribution in [3.05, 3.63) is 35.4 Å². The molecule has 1 aliphatic rings. The van der Waals surface area contributed by atoms with Crippen molar-refractivity contribution in [2.24, 2.45) is 5.92 Å². The molecule has 0 spiro atoms. The molecule has 2 rings (SSSR count). The summed E-state index contributed by atoms with van der Waals surface area (Å²) in [6, 6.07) is 2.26. The second-order valence-corrected chi connectivity index (χ2v) is 5.06. The second kappa shape index (κ2) is 6.07. The molecule has 0 aliphatic carbocycles. The van der Waals surface area contributed by atoms with Crippen molar-refractivity contribution in [1.82, 2.24) is 10.2 Å². The Balaban J connectivity index is 1.95. The van der Waals surface area contributed by atoms with Crippen LogP contribution < -0.4 is 5.32 Å². The quantitative estimate of drug-likeness (QED) is 0.896. The predicted molar refractivity (Wildman–Crippen MR) is 70.5 cm³/mol. The Kier molecular flexibility index (Phi) is 4.40. The molecule has 0 radical (unpaired) electrons. The fourth-order valence-corrected chi connectivity index (χ4v) is 2.49. The maximum absolute atomic E-state index is 13.4. The van der Waals surface area contributed by atoms with E-state index >= 15 is 0 Å². The van der Waals surface area contributed by atoms with Crippen molar-refractivity contribution in [2.45, 2.75) is 25.9 Å². The van der Waals surface area contributed by atoms with Crippen LogP contribution in [0.25, 0.3) is 0 Å². The van der Waals surface area contributed by atoms with Crippen LogP contribution in [0.1, 0.15) is 18.9 Å². The van der Waals surface area contributed by atoms with E-state index in [0.29, 0.717) is 13.0 Å². The Labute approximate surface area is 120 Å². The number of rotatable bonds is 3. The lowest BCUT2D eigenvalue weighted by molar-refractivity contribution is -0.142. The van der Waals surface area contributed by atoms with Crippen LogP contribution in [-0.2, 0) is 11.3 Å². The van der Waals surface area contributed by atoms with Gasteiger partial charge in [-0.05, 0) is 19.4 Å². The number of aliphatic carboxylic acids is 1. The van der Waals surface area contributed by atoms with E-state index < -0.39 is 35.6 Å². The van der Waals surface area contributed by atoms with Crippen molar-refractivity contribution in [2.75, 3.05) is 6.54 Å². The van der Waals surface area contributed by atoms with E-state index in [0.717, 1.165) is 12.1 Å². The van der Waals surface area contributed by atoms with E-state index in [9.17, 15) is 18.4 Å². The summed E-state index contributed by atoms with van der Waals surface area (Å²) in [5, 5.41) is 11.5. The molecule has 1 aromatic carbocycles. The monoisotopic (exact) mass is 298 g/mol. The lowest BCUT2D eigenvalue weighted by atomic mass is 10.0. The van der Waals surface area contributed by atoms with E-state index in [4.69, 9.17) is 5.11 Å². The van der Waals surface area contributed by atoms with E-state index in [-0.39, 0.29) is 12.1 Å². The highest BCUT2D eigenvalue weighted by atomic mass is 19.1. The van der Waals surface area contributed by atoms with Crippen molar-refractivity contribution in [3.8, 4) is 0 Å². The summed E-state index contributed by atoms with van der Waals surface area (Å²) >= 11 is 0. The van der Waals surface area contributed by atoms with E-state index in [2.05, 4.69) is 5.32 Å². The number of hydrogen-bond donors (Lipinski definition) is 2. The number of carboxylic acid groups (broad SMARTS) is 1. The Morgan fingerprint density at radius 3 is 2.71 bits per heavy atom. The minimum Gasteiger partial charge on any atom is -0.481 e. The number of nitrogens with one attached hydrogen (secondary N) is 1. The fourth-order valence-electron chi connectivity index (χ4n) is 2.49. The molecule has 1 aliphatic heterocycles. The van der Waals surface area contributed by atoms with Gasteiger partial charge in [0.1, 0.15) is 11.6 Å². The van der Waals surface area contributed by atoms with Crippen molar-refractivity contribution in [1.29, 1.82) is 0 Å². The SMILES string of the molecule is CC1C(C(=O)O)CCN1C(=O)NCc1ccc(F)cc1F. The minimum absolute atomic E-state index is 0.0775. The van der Waals surface area contributed by atoms with Gasteiger partial charge < -0.3 is 15.3 Å². The fraction of sp³-hybridized carbons (Fsp3) is 0.429. The normalized spacial score (nSPS) is 21.4. The van der Waals surface area contributed by atoms with Crippen LogP contribution in [0.2, 0.25) is 0 Å². The molecule has 0 saturated carbocycles. The number of carbonyl (C=O) groups excluding carboxylic acids is 1. The molecule has 0 aromatic heterocycles. The lowest BCUT2D eigenvalue weighted by Gasteiger charge is -2.23. The van der Waals surface area contributed by atoms with Gasteiger partial charge in [-0.15, -0.1) is 0 Å². The highest BCUT2D eigenvalue weighted by Crippen LogP contribution is 2.24. The maximum Gasteiger partial charge on any atom is 0.317 e. The molecule has 1 saturated heterocycles. The van der Waals surface area contributed by atoms with Gasteiger partial charge in [0.05, 0.1) is 5.92 Å². The van der Waals surface area contributed by atoms with Crippen molar-refractivity contribution >= 4 is 12.0 Å². The average Bonchev–Trinajstić information content (AvgIpc) is 2.79. The molecule has 2 atom stereocenters. The van der Waals surface area contributed by atoms with Gasteiger partial charge in [-0.25, -0.2) is 13.6 Å². The van der Waals surface area contributed by atoms with E-state index in [1.807, 2.05) is 0 Å². The average molecular weight is 298 g/mol. The van der Waals surface area contributed by atoms with Gasteiger partial charge >= 0.3 is 12.0 Å². The summed E-state index contributed by atoms with van der Waals surface area (Å²) in [5.41, 5.74) is 0.173. The number of carbonyl (C=O) groups is 2. The third-order valence-corrected chi connectivity index (χ3v) is 3.78. The van der Waals surface area contributed by atoms with Crippen LogP contribution in [0.5, 0.6) is 0 Å². The minimum atomic E-state index is -0.928. The first-order valence-corrected chi connectivity index (χ1v) is 6.61. The maximum atomic E-state index is 13.4. The van der Waals surface area contributed by atoms with E-state index in [1.165, 1.54) is 11.0 Å². The first kappa shape index (κ1) is 15.2. The molecular weight excluding hydrogens is 282 g/mol. The molecule has 114 valence electrons. The molecule has 5 nitrogen and oxygen atoms in total. The summed E-state index contributed by atoms with van der Waals surface area (Å²) in [6.07, 6.45) is 0.398. The lowest BCUT2D eigenvalue weighted by Crippen LogP contribution is -2.43. The Bertz CT molecular complexity index is 565. The molecule has 2 N–H and O–H groups in total. The molecule has 21 heavy (non-hydrogen) atoms. The molecule has 2 amide bonds. The number of likely N-dealkylation sites (tertiary alicyclic amines) is 1. The summed E-state index contributed by atoms with van der Waals surface area (Å²) in [4.78, 5) is 24.4. The third-order valence-electron chi connectivity index (χ3n) is 3.78. The standard InChI is InChI=1S/C14H16F2N2O3/c1-8-11(13(19)20)4-5-18(8)14(21)17-7-9-2-3-10(15)6-12(9)16/h2-3,6,8,11H,4-5,7H2,1H3,(H,17,21)(H,19,20). The number of halogens is 2. The Morgan fingerprint density at radius 2 is 2.14 bits per heavy atom. The number of nitrogens with zero attached hydrogens (tertiary/aromatic N) is 1. The molecule has 7 heteroatoms. The zero-order valence-corrected chi connectivity index (χ0v) is 11.5. The molecule has 2 unspecified atom stereocenters. The van der Waals surface area contributed by atoms with Crippen LogP contribution in [0.3, 0.4) is 0 Å². The van der Waals surface area contributed by atoms with Crippen LogP contribution >= 0.6 is 0 Å².